The van der Waals surface area contributed by atoms with E-state index in [0.29, 0.717) is 0 Å². The SMILES string of the molecule is COC(=O)CN(c1ccc([N+](=O)[O-])cc1)C(C)C. The van der Waals surface area contributed by atoms with Crippen molar-refractivity contribution in [2.75, 3.05) is 18.6 Å². The molecule has 1 rings (SSSR count). The van der Waals surface area contributed by atoms with Crippen molar-refractivity contribution in [1.82, 2.24) is 0 Å². The van der Waals surface area contributed by atoms with Crippen LogP contribution in [0.4, 0.5) is 11.4 Å². The van der Waals surface area contributed by atoms with Crippen LogP contribution < -0.4 is 4.90 Å². The number of anilines is 1. The third kappa shape index (κ3) is 3.44. The maximum atomic E-state index is 11.3. The van der Waals surface area contributed by atoms with Gasteiger partial charge in [-0.2, -0.15) is 0 Å². The molecular weight excluding hydrogens is 236 g/mol. The number of carbonyl (C=O) groups excluding carboxylic acids is 1. The molecule has 0 saturated carbocycles. The summed E-state index contributed by atoms with van der Waals surface area (Å²) in [6.45, 7) is 3.99. The van der Waals surface area contributed by atoms with Crippen molar-refractivity contribution in [3.8, 4) is 0 Å². The van der Waals surface area contributed by atoms with E-state index < -0.39 is 4.92 Å². The number of hydrogen-bond acceptors (Lipinski definition) is 5. The highest BCUT2D eigenvalue weighted by atomic mass is 16.6. The molecule has 0 atom stereocenters. The predicted molar refractivity (Wildman–Crippen MR) is 67.6 cm³/mol. The van der Waals surface area contributed by atoms with Gasteiger partial charge in [0.15, 0.2) is 0 Å². The van der Waals surface area contributed by atoms with E-state index in [1.165, 1.54) is 19.2 Å². The van der Waals surface area contributed by atoms with Crippen molar-refractivity contribution in [2.45, 2.75) is 19.9 Å². The maximum absolute atomic E-state index is 11.3. The fourth-order valence-corrected chi connectivity index (χ4v) is 1.54. The average molecular weight is 252 g/mol. The lowest BCUT2D eigenvalue weighted by molar-refractivity contribution is -0.384. The molecule has 1 aromatic rings. The van der Waals surface area contributed by atoms with E-state index in [9.17, 15) is 14.9 Å². The highest BCUT2D eigenvalue weighted by Gasteiger charge is 2.16. The number of esters is 1. The standard InChI is InChI=1S/C12H16N2O4/c1-9(2)13(8-12(15)18-3)10-4-6-11(7-5-10)14(16)17/h4-7,9H,8H2,1-3H3. The second kappa shape index (κ2) is 6.00. The average Bonchev–Trinajstić information content (AvgIpc) is 2.35. The summed E-state index contributed by atoms with van der Waals surface area (Å²) in [7, 11) is 1.33. The molecule has 1 aromatic carbocycles. The zero-order valence-corrected chi connectivity index (χ0v) is 10.6. The van der Waals surface area contributed by atoms with Crippen LogP contribution in [0.2, 0.25) is 0 Å². The molecule has 0 amide bonds. The Labute approximate surface area is 105 Å². The van der Waals surface area contributed by atoms with Crippen molar-refractivity contribution >= 4 is 17.3 Å². The Morgan fingerprint density at radius 1 is 1.39 bits per heavy atom. The highest BCUT2D eigenvalue weighted by Crippen LogP contribution is 2.21. The number of nitro benzene ring substituents is 1. The van der Waals surface area contributed by atoms with Crippen molar-refractivity contribution < 1.29 is 14.5 Å². The Hall–Kier alpha value is -2.11. The Bertz CT molecular complexity index is 428. The lowest BCUT2D eigenvalue weighted by Crippen LogP contribution is -2.36. The minimum atomic E-state index is -0.455. The molecular formula is C12H16N2O4. The molecule has 0 aliphatic rings. The lowest BCUT2D eigenvalue weighted by atomic mass is 10.2. The Morgan fingerprint density at radius 2 is 1.94 bits per heavy atom. The molecule has 0 spiro atoms. The summed E-state index contributed by atoms with van der Waals surface area (Å²) in [5, 5.41) is 10.6. The lowest BCUT2D eigenvalue weighted by Gasteiger charge is -2.27. The number of rotatable bonds is 5. The first-order valence-electron chi connectivity index (χ1n) is 5.53. The van der Waals surface area contributed by atoms with Gasteiger partial charge in [0.25, 0.3) is 5.69 Å². The number of benzene rings is 1. The molecule has 0 aliphatic carbocycles. The van der Waals surface area contributed by atoms with E-state index in [1.807, 2.05) is 18.7 Å². The predicted octanol–water partition coefficient (Wildman–Crippen LogP) is 1.98. The third-order valence-electron chi connectivity index (χ3n) is 2.54. The Balaban J connectivity index is 2.92. The number of nitrogens with zero attached hydrogens (tertiary/aromatic N) is 2. The quantitative estimate of drug-likeness (QED) is 0.455. The minimum Gasteiger partial charge on any atom is -0.468 e. The van der Waals surface area contributed by atoms with E-state index in [1.54, 1.807) is 12.1 Å². The number of non-ortho nitro benzene ring substituents is 1. The van der Waals surface area contributed by atoms with Gasteiger partial charge in [0.1, 0.15) is 6.54 Å². The van der Waals surface area contributed by atoms with E-state index in [0.717, 1.165) is 5.69 Å². The van der Waals surface area contributed by atoms with E-state index >= 15 is 0 Å². The second-order valence-corrected chi connectivity index (χ2v) is 4.07. The largest absolute Gasteiger partial charge is 0.468 e. The van der Waals surface area contributed by atoms with Crippen molar-refractivity contribution in [3.05, 3.63) is 34.4 Å². The van der Waals surface area contributed by atoms with Crippen LogP contribution in [0.3, 0.4) is 0 Å². The van der Waals surface area contributed by atoms with Crippen LogP contribution in [0, 0.1) is 10.1 Å². The summed E-state index contributed by atoms with van der Waals surface area (Å²) in [5.74, 6) is -0.345. The van der Waals surface area contributed by atoms with Gasteiger partial charge < -0.3 is 9.64 Å². The Kier molecular flexibility index (Phi) is 4.65. The van der Waals surface area contributed by atoms with Gasteiger partial charge in [-0.1, -0.05) is 0 Å². The normalized spacial score (nSPS) is 10.2. The van der Waals surface area contributed by atoms with E-state index in [2.05, 4.69) is 4.74 Å². The summed E-state index contributed by atoms with van der Waals surface area (Å²) < 4.78 is 4.63. The third-order valence-corrected chi connectivity index (χ3v) is 2.54. The zero-order chi connectivity index (χ0) is 13.7. The molecule has 6 nitrogen and oxygen atoms in total. The molecule has 0 bridgehead atoms. The summed E-state index contributed by atoms with van der Waals surface area (Å²) >= 11 is 0. The van der Waals surface area contributed by atoms with E-state index in [4.69, 9.17) is 0 Å². The summed E-state index contributed by atoms with van der Waals surface area (Å²) in [6, 6.07) is 6.18. The van der Waals surface area contributed by atoms with Crippen LogP contribution in [-0.2, 0) is 9.53 Å². The van der Waals surface area contributed by atoms with Gasteiger partial charge in [0, 0.05) is 23.9 Å². The number of hydrogen-bond donors (Lipinski definition) is 0. The van der Waals surface area contributed by atoms with Crippen molar-refractivity contribution in [1.29, 1.82) is 0 Å². The second-order valence-electron chi connectivity index (χ2n) is 4.07. The van der Waals surface area contributed by atoms with Gasteiger partial charge in [-0.25, -0.2) is 0 Å². The minimum absolute atomic E-state index is 0.0283. The van der Waals surface area contributed by atoms with Crippen molar-refractivity contribution in [2.24, 2.45) is 0 Å². The summed E-state index contributed by atoms with van der Waals surface area (Å²) in [4.78, 5) is 23.2. The van der Waals surface area contributed by atoms with Crippen LogP contribution in [0.5, 0.6) is 0 Å². The molecule has 0 N–H and O–H groups in total. The fraction of sp³-hybridized carbons (Fsp3) is 0.417. The molecule has 6 heteroatoms. The van der Waals surface area contributed by atoms with Crippen LogP contribution in [0.15, 0.2) is 24.3 Å². The first-order chi connectivity index (χ1) is 8.45. The molecule has 0 fully saturated rings. The molecule has 0 unspecified atom stereocenters. The van der Waals surface area contributed by atoms with Crippen LogP contribution >= 0.6 is 0 Å². The van der Waals surface area contributed by atoms with Crippen molar-refractivity contribution in [3.63, 3.8) is 0 Å². The number of carbonyl (C=O) groups is 1. The van der Waals surface area contributed by atoms with Crippen LogP contribution in [0.25, 0.3) is 0 Å². The highest BCUT2D eigenvalue weighted by molar-refractivity contribution is 5.76. The fourth-order valence-electron chi connectivity index (χ4n) is 1.54. The molecule has 0 aliphatic heterocycles. The first kappa shape index (κ1) is 14.0. The zero-order valence-electron chi connectivity index (χ0n) is 10.6. The molecule has 0 aromatic heterocycles. The molecule has 0 saturated heterocycles. The maximum Gasteiger partial charge on any atom is 0.325 e. The van der Waals surface area contributed by atoms with Gasteiger partial charge >= 0.3 is 5.97 Å². The molecule has 0 heterocycles. The van der Waals surface area contributed by atoms with E-state index in [-0.39, 0.29) is 24.2 Å². The first-order valence-corrected chi connectivity index (χ1v) is 5.53. The van der Waals surface area contributed by atoms with Crippen LogP contribution in [0.1, 0.15) is 13.8 Å². The van der Waals surface area contributed by atoms with Crippen LogP contribution in [-0.4, -0.2) is 30.6 Å². The van der Waals surface area contributed by atoms with Gasteiger partial charge in [0.05, 0.1) is 12.0 Å². The number of ether oxygens (including phenoxy) is 1. The number of methoxy groups -OCH3 is 1. The molecule has 98 valence electrons. The summed E-state index contributed by atoms with van der Waals surface area (Å²) in [6.07, 6.45) is 0. The van der Waals surface area contributed by atoms with Gasteiger partial charge in [-0.05, 0) is 26.0 Å². The molecule has 0 radical (unpaired) electrons. The van der Waals surface area contributed by atoms with Gasteiger partial charge in [0.2, 0.25) is 0 Å². The van der Waals surface area contributed by atoms with Gasteiger partial charge in [-0.15, -0.1) is 0 Å². The number of nitro groups is 1. The summed E-state index contributed by atoms with van der Waals surface area (Å²) in [5.41, 5.74) is 0.779. The Morgan fingerprint density at radius 3 is 2.33 bits per heavy atom. The van der Waals surface area contributed by atoms with Gasteiger partial charge in [-0.3, -0.25) is 14.9 Å². The smallest absolute Gasteiger partial charge is 0.325 e. The molecule has 18 heavy (non-hydrogen) atoms. The monoisotopic (exact) mass is 252 g/mol. The topological polar surface area (TPSA) is 72.7 Å².